The number of halogens is 3. The van der Waals surface area contributed by atoms with Crippen LogP contribution in [-0.2, 0) is 15.7 Å². The van der Waals surface area contributed by atoms with Crippen molar-refractivity contribution in [1.29, 1.82) is 0 Å². The lowest BCUT2D eigenvalue weighted by molar-refractivity contribution is -0.140. The van der Waals surface area contributed by atoms with Gasteiger partial charge in [0.05, 0.1) is 5.56 Å². The van der Waals surface area contributed by atoms with Crippen LogP contribution in [0, 0.1) is 5.92 Å². The van der Waals surface area contributed by atoms with Crippen LogP contribution in [0.5, 0.6) is 0 Å². The summed E-state index contributed by atoms with van der Waals surface area (Å²) in [4.78, 5) is 41.5. The van der Waals surface area contributed by atoms with Gasteiger partial charge in [-0.2, -0.15) is 13.2 Å². The van der Waals surface area contributed by atoms with Crippen molar-refractivity contribution < 1.29 is 32.3 Å². The van der Waals surface area contributed by atoms with Crippen molar-refractivity contribution in [1.82, 2.24) is 15.1 Å². The number of benzene rings is 1. The fraction of sp³-hybridized carbons (Fsp3) is 0.640. The number of amides is 3. The summed E-state index contributed by atoms with van der Waals surface area (Å²) in [6, 6.07) is 4.10. The molecule has 0 radical (unpaired) electrons. The minimum absolute atomic E-state index is 0.0299. The minimum atomic E-state index is -4.45. The van der Waals surface area contributed by atoms with Crippen LogP contribution in [0.15, 0.2) is 24.3 Å². The van der Waals surface area contributed by atoms with E-state index in [0.29, 0.717) is 39.0 Å². The Morgan fingerprint density at radius 1 is 0.971 bits per heavy atom. The molecule has 0 aliphatic carbocycles. The van der Waals surface area contributed by atoms with Crippen molar-refractivity contribution in [3.8, 4) is 0 Å². The van der Waals surface area contributed by atoms with Crippen molar-refractivity contribution in [3.63, 3.8) is 0 Å². The Morgan fingerprint density at radius 3 is 2.17 bits per heavy atom. The van der Waals surface area contributed by atoms with Gasteiger partial charge in [-0.3, -0.25) is 9.59 Å². The summed E-state index contributed by atoms with van der Waals surface area (Å²) in [5, 5.41) is 2.77. The standard InChI is InChI=1S/C25H34F3N3O4/c1-24(2,3)35-23(34)29-16-20-6-4-5-13-31(20)22(33)18-11-14-30(15-12-18)21(32)17-7-9-19(10-8-17)25(26,27)28/h7-10,18,20H,4-6,11-16H2,1-3H3,(H,29,34). The third-order valence-corrected chi connectivity index (χ3v) is 6.38. The van der Waals surface area contributed by atoms with Gasteiger partial charge in [-0.1, -0.05) is 0 Å². The molecule has 0 aromatic heterocycles. The number of nitrogens with one attached hydrogen (secondary N) is 1. The highest BCUT2D eigenvalue weighted by Crippen LogP contribution is 2.30. The molecule has 0 saturated carbocycles. The number of alkyl carbamates (subject to hydrolysis) is 1. The zero-order chi connectivity index (χ0) is 25.8. The van der Waals surface area contributed by atoms with Gasteiger partial charge in [0, 0.05) is 43.7 Å². The van der Waals surface area contributed by atoms with Crippen molar-refractivity contribution in [3.05, 3.63) is 35.4 Å². The largest absolute Gasteiger partial charge is 0.444 e. The number of nitrogens with zero attached hydrogens (tertiary/aromatic N) is 2. The predicted octanol–water partition coefficient (Wildman–Crippen LogP) is 4.46. The second kappa shape index (κ2) is 10.9. The molecule has 2 aliphatic heterocycles. The summed E-state index contributed by atoms with van der Waals surface area (Å²) in [6.45, 7) is 7.05. The van der Waals surface area contributed by atoms with Crippen LogP contribution >= 0.6 is 0 Å². The molecule has 3 rings (SSSR count). The number of rotatable bonds is 4. The van der Waals surface area contributed by atoms with Crippen LogP contribution in [0.2, 0.25) is 0 Å². The zero-order valence-corrected chi connectivity index (χ0v) is 20.5. The summed E-state index contributed by atoms with van der Waals surface area (Å²) < 4.78 is 43.6. The first-order valence-corrected chi connectivity index (χ1v) is 12.1. The maximum Gasteiger partial charge on any atom is 0.416 e. The van der Waals surface area contributed by atoms with E-state index in [2.05, 4.69) is 5.32 Å². The van der Waals surface area contributed by atoms with E-state index in [1.807, 2.05) is 4.90 Å². The highest BCUT2D eigenvalue weighted by atomic mass is 19.4. The molecule has 10 heteroatoms. The molecule has 2 saturated heterocycles. The molecule has 2 heterocycles. The molecule has 1 N–H and O–H groups in total. The minimum Gasteiger partial charge on any atom is -0.444 e. The number of hydrogen-bond donors (Lipinski definition) is 1. The number of alkyl halides is 3. The fourth-order valence-corrected chi connectivity index (χ4v) is 4.57. The third-order valence-electron chi connectivity index (χ3n) is 6.38. The van der Waals surface area contributed by atoms with E-state index in [1.165, 1.54) is 12.1 Å². The molecule has 194 valence electrons. The van der Waals surface area contributed by atoms with Crippen molar-refractivity contribution in [2.45, 2.75) is 70.7 Å². The molecule has 7 nitrogen and oxygen atoms in total. The Balaban J connectivity index is 1.53. The smallest absolute Gasteiger partial charge is 0.416 e. The Bertz CT molecular complexity index is 904. The number of likely N-dealkylation sites (tertiary alicyclic amines) is 2. The van der Waals surface area contributed by atoms with Gasteiger partial charge >= 0.3 is 12.3 Å². The second-order valence-corrected chi connectivity index (χ2v) is 10.2. The van der Waals surface area contributed by atoms with E-state index >= 15 is 0 Å². The Hall–Kier alpha value is -2.78. The lowest BCUT2D eigenvalue weighted by atomic mass is 9.92. The van der Waals surface area contributed by atoms with E-state index in [1.54, 1.807) is 25.7 Å². The Kier molecular flexibility index (Phi) is 8.33. The Morgan fingerprint density at radius 2 is 1.60 bits per heavy atom. The van der Waals surface area contributed by atoms with Gasteiger partial charge in [-0.05, 0) is 77.1 Å². The van der Waals surface area contributed by atoms with E-state index in [-0.39, 0.29) is 29.3 Å². The third kappa shape index (κ3) is 7.35. The topological polar surface area (TPSA) is 79.0 Å². The highest BCUT2D eigenvalue weighted by Gasteiger charge is 2.35. The van der Waals surface area contributed by atoms with E-state index in [4.69, 9.17) is 4.74 Å². The summed E-state index contributed by atoms with van der Waals surface area (Å²) >= 11 is 0. The maximum atomic E-state index is 13.3. The second-order valence-electron chi connectivity index (χ2n) is 10.2. The molecule has 35 heavy (non-hydrogen) atoms. The molecule has 0 spiro atoms. The molecule has 1 unspecified atom stereocenters. The van der Waals surface area contributed by atoms with Gasteiger partial charge in [-0.25, -0.2) is 4.79 Å². The summed E-state index contributed by atoms with van der Waals surface area (Å²) in [6.07, 6.45) is -1.29. The average Bonchev–Trinajstić information content (AvgIpc) is 2.80. The number of piperidine rings is 2. The molecular formula is C25H34F3N3O4. The van der Waals surface area contributed by atoms with Gasteiger partial charge in [-0.15, -0.1) is 0 Å². The normalized spacial score (nSPS) is 19.9. The summed E-state index contributed by atoms with van der Waals surface area (Å²) in [7, 11) is 0. The van der Waals surface area contributed by atoms with Gasteiger partial charge in [0.15, 0.2) is 0 Å². The average molecular weight is 498 g/mol. The predicted molar refractivity (Wildman–Crippen MR) is 124 cm³/mol. The maximum absolute atomic E-state index is 13.3. The molecular weight excluding hydrogens is 463 g/mol. The van der Waals surface area contributed by atoms with Crippen LogP contribution in [0.4, 0.5) is 18.0 Å². The summed E-state index contributed by atoms with van der Waals surface area (Å²) in [5.74, 6) is -0.530. The SMILES string of the molecule is CC(C)(C)OC(=O)NCC1CCCCN1C(=O)C1CCN(C(=O)c2ccc(C(F)(F)F)cc2)CC1. The van der Waals surface area contributed by atoms with Crippen molar-refractivity contribution >= 4 is 17.9 Å². The first kappa shape index (κ1) is 26.8. The van der Waals surface area contributed by atoms with E-state index in [0.717, 1.165) is 31.4 Å². The molecule has 2 aliphatic rings. The van der Waals surface area contributed by atoms with Gasteiger partial charge < -0.3 is 19.9 Å². The molecule has 3 amide bonds. The van der Waals surface area contributed by atoms with Crippen LogP contribution in [-0.4, -0.2) is 65.5 Å². The number of carbonyl (C=O) groups excluding carboxylic acids is 3. The quantitative estimate of drug-likeness (QED) is 0.666. The van der Waals surface area contributed by atoms with Gasteiger partial charge in [0.25, 0.3) is 5.91 Å². The molecule has 1 aromatic rings. The van der Waals surface area contributed by atoms with Crippen LogP contribution in [0.1, 0.15) is 68.8 Å². The lowest BCUT2D eigenvalue weighted by Gasteiger charge is -2.40. The fourth-order valence-electron chi connectivity index (χ4n) is 4.57. The van der Waals surface area contributed by atoms with E-state index in [9.17, 15) is 27.6 Å². The van der Waals surface area contributed by atoms with Crippen LogP contribution in [0.25, 0.3) is 0 Å². The first-order chi connectivity index (χ1) is 16.3. The lowest BCUT2D eigenvalue weighted by Crippen LogP contribution is -2.53. The van der Waals surface area contributed by atoms with Gasteiger partial charge in [0.2, 0.25) is 5.91 Å². The first-order valence-electron chi connectivity index (χ1n) is 12.1. The molecule has 1 aromatic carbocycles. The number of ether oxygens (including phenoxy) is 1. The van der Waals surface area contributed by atoms with Crippen LogP contribution < -0.4 is 5.32 Å². The van der Waals surface area contributed by atoms with Crippen molar-refractivity contribution in [2.24, 2.45) is 5.92 Å². The highest BCUT2D eigenvalue weighted by molar-refractivity contribution is 5.94. The molecule has 2 fully saturated rings. The zero-order valence-electron chi connectivity index (χ0n) is 20.5. The van der Waals surface area contributed by atoms with E-state index < -0.39 is 23.4 Å². The monoisotopic (exact) mass is 497 g/mol. The van der Waals surface area contributed by atoms with Crippen LogP contribution in [0.3, 0.4) is 0 Å². The number of hydrogen-bond acceptors (Lipinski definition) is 4. The molecule has 0 bridgehead atoms. The van der Waals surface area contributed by atoms with Crippen molar-refractivity contribution in [2.75, 3.05) is 26.2 Å². The molecule has 1 atom stereocenters. The Labute approximate surface area is 204 Å². The number of carbonyl (C=O) groups is 3. The summed E-state index contributed by atoms with van der Waals surface area (Å²) in [5.41, 5.74) is -1.19. The van der Waals surface area contributed by atoms with Gasteiger partial charge in [0.1, 0.15) is 5.60 Å².